The molecule has 0 radical (unpaired) electrons. The standard InChI is InChI=1S/C14H28N2O5/c1-5-9(3)11(15)13(17)20-7-19-8-21-14(18)12(16)10(4)6-2/h9-12H,5-8,15-16H2,1-4H3/t9-,10-,11-,12-/m0/s1. The van der Waals surface area contributed by atoms with Crippen LogP contribution in [-0.2, 0) is 23.8 Å². The minimum Gasteiger partial charge on any atom is -0.437 e. The number of esters is 2. The SMILES string of the molecule is CC[C@H](C)[C@H](N)C(=O)OCOCOC(=O)[C@@H](N)[C@@H](C)CC. The zero-order valence-corrected chi connectivity index (χ0v) is 13.3. The van der Waals surface area contributed by atoms with Crippen molar-refractivity contribution in [1.29, 1.82) is 0 Å². The topological polar surface area (TPSA) is 114 Å². The van der Waals surface area contributed by atoms with E-state index in [1.807, 2.05) is 27.7 Å². The highest BCUT2D eigenvalue weighted by atomic mass is 16.8. The molecule has 0 saturated heterocycles. The van der Waals surface area contributed by atoms with Crippen molar-refractivity contribution >= 4 is 11.9 Å². The van der Waals surface area contributed by atoms with Crippen LogP contribution in [0.2, 0.25) is 0 Å². The van der Waals surface area contributed by atoms with Gasteiger partial charge in [0, 0.05) is 0 Å². The van der Waals surface area contributed by atoms with Gasteiger partial charge >= 0.3 is 11.9 Å². The van der Waals surface area contributed by atoms with E-state index in [1.165, 1.54) is 0 Å². The normalized spacial score (nSPS) is 16.7. The Balaban J connectivity index is 3.82. The molecule has 0 fully saturated rings. The van der Waals surface area contributed by atoms with E-state index in [0.29, 0.717) is 0 Å². The van der Waals surface area contributed by atoms with E-state index in [-0.39, 0.29) is 25.4 Å². The third-order valence-corrected chi connectivity index (χ3v) is 3.63. The van der Waals surface area contributed by atoms with Crippen LogP contribution in [-0.4, -0.2) is 37.6 Å². The summed E-state index contributed by atoms with van der Waals surface area (Å²) in [5.74, 6) is -1.01. The molecule has 7 nitrogen and oxygen atoms in total. The second kappa shape index (κ2) is 10.5. The molecule has 0 heterocycles. The number of nitrogens with two attached hydrogens (primary N) is 2. The fourth-order valence-electron chi connectivity index (χ4n) is 1.40. The van der Waals surface area contributed by atoms with Crippen molar-refractivity contribution in [3.05, 3.63) is 0 Å². The van der Waals surface area contributed by atoms with Gasteiger partial charge in [0.15, 0.2) is 13.6 Å². The summed E-state index contributed by atoms with van der Waals surface area (Å²) in [6, 6.07) is -1.36. The average Bonchev–Trinajstić information content (AvgIpc) is 2.50. The highest BCUT2D eigenvalue weighted by molar-refractivity contribution is 5.76. The molecule has 4 atom stereocenters. The van der Waals surface area contributed by atoms with E-state index in [9.17, 15) is 9.59 Å². The Morgan fingerprint density at radius 1 is 0.857 bits per heavy atom. The van der Waals surface area contributed by atoms with Gasteiger partial charge in [0.1, 0.15) is 12.1 Å². The van der Waals surface area contributed by atoms with Gasteiger partial charge in [-0.15, -0.1) is 0 Å². The lowest BCUT2D eigenvalue weighted by atomic mass is 10.0. The Morgan fingerprint density at radius 3 is 1.48 bits per heavy atom. The van der Waals surface area contributed by atoms with Crippen molar-refractivity contribution in [3.63, 3.8) is 0 Å². The third-order valence-electron chi connectivity index (χ3n) is 3.63. The van der Waals surface area contributed by atoms with E-state index in [0.717, 1.165) is 12.8 Å². The maximum atomic E-state index is 11.5. The molecule has 0 bridgehead atoms. The zero-order valence-electron chi connectivity index (χ0n) is 13.3. The molecule has 0 spiro atoms. The van der Waals surface area contributed by atoms with Crippen LogP contribution in [0.4, 0.5) is 0 Å². The molecule has 0 aliphatic rings. The van der Waals surface area contributed by atoms with E-state index in [4.69, 9.17) is 25.7 Å². The summed E-state index contributed by atoms with van der Waals surface area (Å²) >= 11 is 0. The van der Waals surface area contributed by atoms with Gasteiger partial charge in [-0.2, -0.15) is 0 Å². The summed E-state index contributed by atoms with van der Waals surface area (Å²) in [4.78, 5) is 23.0. The number of ether oxygens (including phenoxy) is 3. The lowest BCUT2D eigenvalue weighted by Gasteiger charge is -2.18. The predicted octanol–water partition coefficient (Wildman–Crippen LogP) is 0.751. The summed E-state index contributed by atoms with van der Waals surface area (Å²) in [5, 5.41) is 0. The van der Waals surface area contributed by atoms with Crippen LogP contribution in [0.5, 0.6) is 0 Å². The molecule has 0 aromatic rings. The van der Waals surface area contributed by atoms with E-state index < -0.39 is 24.0 Å². The third kappa shape index (κ3) is 7.40. The van der Waals surface area contributed by atoms with Crippen molar-refractivity contribution in [1.82, 2.24) is 0 Å². The molecule has 0 aromatic heterocycles. The number of carbonyl (C=O) groups is 2. The monoisotopic (exact) mass is 304 g/mol. The predicted molar refractivity (Wildman–Crippen MR) is 77.9 cm³/mol. The summed E-state index contributed by atoms with van der Waals surface area (Å²) in [5.41, 5.74) is 11.4. The van der Waals surface area contributed by atoms with E-state index in [2.05, 4.69) is 0 Å². The maximum Gasteiger partial charge on any atom is 0.325 e. The van der Waals surface area contributed by atoms with Crippen LogP contribution in [0.3, 0.4) is 0 Å². The minimum atomic E-state index is -0.681. The first-order valence-electron chi connectivity index (χ1n) is 7.27. The van der Waals surface area contributed by atoms with Crippen LogP contribution in [0, 0.1) is 11.8 Å². The largest absolute Gasteiger partial charge is 0.437 e. The Hall–Kier alpha value is -1.18. The Kier molecular flexibility index (Phi) is 9.94. The van der Waals surface area contributed by atoms with Crippen LogP contribution in [0.25, 0.3) is 0 Å². The smallest absolute Gasteiger partial charge is 0.325 e. The molecule has 7 heteroatoms. The first kappa shape index (κ1) is 19.8. The lowest BCUT2D eigenvalue weighted by molar-refractivity contribution is -0.179. The first-order valence-corrected chi connectivity index (χ1v) is 7.27. The fraction of sp³-hybridized carbons (Fsp3) is 0.857. The number of carbonyl (C=O) groups excluding carboxylic acids is 2. The molecular weight excluding hydrogens is 276 g/mol. The molecule has 4 N–H and O–H groups in total. The second-order valence-electron chi connectivity index (χ2n) is 5.19. The van der Waals surface area contributed by atoms with Crippen molar-refractivity contribution in [2.75, 3.05) is 13.6 Å². The Labute approximate surface area is 126 Å². The molecule has 0 unspecified atom stereocenters. The van der Waals surface area contributed by atoms with Gasteiger partial charge < -0.3 is 25.7 Å². The van der Waals surface area contributed by atoms with Crippen molar-refractivity contribution < 1.29 is 23.8 Å². The molecule has 0 rings (SSSR count). The van der Waals surface area contributed by atoms with Gasteiger partial charge in [0.2, 0.25) is 0 Å². The summed E-state index contributed by atoms with van der Waals surface area (Å²) in [6.45, 7) is 6.99. The molecule has 0 saturated carbocycles. The van der Waals surface area contributed by atoms with Gasteiger partial charge in [-0.1, -0.05) is 40.5 Å². The van der Waals surface area contributed by atoms with Gasteiger partial charge in [0.05, 0.1) is 0 Å². The summed E-state index contributed by atoms with van der Waals surface area (Å²) < 4.78 is 14.6. The fourth-order valence-corrected chi connectivity index (χ4v) is 1.40. The molecular formula is C14H28N2O5. The average molecular weight is 304 g/mol. The molecule has 0 amide bonds. The summed E-state index contributed by atoms with van der Waals surface area (Å²) in [7, 11) is 0. The van der Waals surface area contributed by atoms with Gasteiger partial charge in [0.25, 0.3) is 0 Å². The maximum absolute atomic E-state index is 11.5. The molecule has 0 aromatic carbocycles. The first-order chi connectivity index (χ1) is 9.84. The number of hydrogen-bond acceptors (Lipinski definition) is 7. The molecule has 124 valence electrons. The molecule has 0 aliphatic heterocycles. The number of hydrogen-bond donors (Lipinski definition) is 2. The molecule has 21 heavy (non-hydrogen) atoms. The number of rotatable bonds is 10. The van der Waals surface area contributed by atoms with Crippen LogP contribution >= 0.6 is 0 Å². The van der Waals surface area contributed by atoms with E-state index >= 15 is 0 Å². The zero-order chi connectivity index (χ0) is 16.4. The van der Waals surface area contributed by atoms with Crippen LogP contribution < -0.4 is 11.5 Å². The van der Waals surface area contributed by atoms with Crippen molar-refractivity contribution in [2.45, 2.75) is 52.6 Å². The van der Waals surface area contributed by atoms with Crippen LogP contribution in [0.15, 0.2) is 0 Å². The van der Waals surface area contributed by atoms with Crippen LogP contribution in [0.1, 0.15) is 40.5 Å². The van der Waals surface area contributed by atoms with Gasteiger partial charge in [-0.25, -0.2) is 0 Å². The molecule has 0 aliphatic carbocycles. The Morgan fingerprint density at radius 2 is 1.19 bits per heavy atom. The second-order valence-corrected chi connectivity index (χ2v) is 5.19. The lowest BCUT2D eigenvalue weighted by Crippen LogP contribution is -2.39. The van der Waals surface area contributed by atoms with Gasteiger partial charge in [-0.3, -0.25) is 9.59 Å². The highest BCUT2D eigenvalue weighted by Gasteiger charge is 2.22. The summed E-state index contributed by atoms with van der Waals surface area (Å²) in [6.07, 6.45) is 1.56. The minimum absolute atomic E-state index is 0.0313. The quantitative estimate of drug-likeness (QED) is 0.348. The van der Waals surface area contributed by atoms with Crippen molar-refractivity contribution in [2.24, 2.45) is 23.3 Å². The Bertz CT molecular complexity index is 294. The van der Waals surface area contributed by atoms with Gasteiger partial charge in [-0.05, 0) is 11.8 Å². The van der Waals surface area contributed by atoms with E-state index in [1.54, 1.807) is 0 Å². The van der Waals surface area contributed by atoms with Crippen molar-refractivity contribution in [3.8, 4) is 0 Å². The highest BCUT2D eigenvalue weighted by Crippen LogP contribution is 2.07.